The van der Waals surface area contributed by atoms with Gasteiger partial charge in [-0.3, -0.25) is 9.36 Å². The first-order valence-electron chi connectivity index (χ1n) is 8.93. The Kier molecular flexibility index (Phi) is 4.48. The molecule has 0 radical (unpaired) electrons. The SMILES string of the molecule is CC(C)C(=O)OC[C@@]1(F)O[C@@H](n2ccc(OC3CC3)nc2=O)[C@@H]2OC(=O)O[C@@H]21. The van der Waals surface area contributed by atoms with E-state index in [1.807, 2.05) is 0 Å². The molecule has 3 fully saturated rings. The molecular formula is C17H19FN2O8. The van der Waals surface area contributed by atoms with Gasteiger partial charge in [-0.25, -0.2) is 14.0 Å². The fourth-order valence-electron chi connectivity index (χ4n) is 2.93. The molecular weight excluding hydrogens is 379 g/mol. The molecule has 2 aliphatic heterocycles. The highest BCUT2D eigenvalue weighted by atomic mass is 19.2. The van der Waals surface area contributed by atoms with Gasteiger partial charge in [-0.15, -0.1) is 0 Å². The van der Waals surface area contributed by atoms with E-state index < -0.39 is 54.6 Å². The Morgan fingerprint density at radius 1 is 1.39 bits per heavy atom. The Morgan fingerprint density at radius 2 is 2.14 bits per heavy atom. The van der Waals surface area contributed by atoms with Crippen molar-refractivity contribution in [1.82, 2.24) is 9.55 Å². The summed E-state index contributed by atoms with van der Waals surface area (Å²) in [7, 11) is 0. The molecule has 152 valence electrons. The fraction of sp³-hybridized carbons (Fsp3) is 0.647. The number of alkyl halides is 1. The monoisotopic (exact) mass is 398 g/mol. The Hall–Kier alpha value is -2.69. The normalized spacial score (nSPS) is 31.3. The number of nitrogens with zero attached hydrogens (tertiary/aromatic N) is 2. The second-order valence-corrected chi connectivity index (χ2v) is 7.20. The van der Waals surface area contributed by atoms with Crippen molar-refractivity contribution in [1.29, 1.82) is 0 Å². The minimum absolute atomic E-state index is 0.0492. The number of hydrogen-bond donors (Lipinski definition) is 0. The average molecular weight is 398 g/mol. The van der Waals surface area contributed by atoms with E-state index in [2.05, 4.69) is 4.98 Å². The molecule has 3 heterocycles. The largest absolute Gasteiger partial charge is 0.509 e. The minimum atomic E-state index is -2.67. The number of fused-ring (bicyclic) bond motifs is 1. The van der Waals surface area contributed by atoms with Crippen LogP contribution in [-0.2, 0) is 23.7 Å². The summed E-state index contributed by atoms with van der Waals surface area (Å²) >= 11 is 0. The maximum atomic E-state index is 15.4. The Morgan fingerprint density at radius 3 is 2.79 bits per heavy atom. The summed E-state index contributed by atoms with van der Waals surface area (Å²) in [5.74, 6) is -3.65. The van der Waals surface area contributed by atoms with Crippen molar-refractivity contribution in [3.63, 3.8) is 0 Å². The van der Waals surface area contributed by atoms with Crippen molar-refractivity contribution in [2.45, 2.75) is 57.1 Å². The summed E-state index contributed by atoms with van der Waals surface area (Å²) in [4.78, 5) is 39.4. The van der Waals surface area contributed by atoms with Gasteiger partial charge in [0.2, 0.25) is 12.0 Å². The molecule has 1 aromatic heterocycles. The zero-order valence-electron chi connectivity index (χ0n) is 15.2. The van der Waals surface area contributed by atoms with E-state index in [9.17, 15) is 14.4 Å². The van der Waals surface area contributed by atoms with Crippen LogP contribution in [0, 0.1) is 5.92 Å². The predicted octanol–water partition coefficient (Wildman–Crippen LogP) is 1.08. The number of carbonyl (C=O) groups excluding carboxylic acids is 2. The van der Waals surface area contributed by atoms with Crippen molar-refractivity contribution in [3.05, 3.63) is 22.7 Å². The van der Waals surface area contributed by atoms with Crippen molar-refractivity contribution in [2.75, 3.05) is 6.61 Å². The topological polar surface area (TPSA) is 115 Å². The van der Waals surface area contributed by atoms with E-state index in [4.69, 9.17) is 23.7 Å². The third-order valence-corrected chi connectivity index (χ3v) is 4.55. The number of rotatable bonds is 6. The summed E-state index contributed by atoms with van der Waals surface area (Å²) in [5.41, 5.74) is -0.770. The van der Waals surface area contributed by atoms with Crippen molar-refractivity contribution in [2.24, 2.45) is 5.92 Å². The van der Waals surface area contributed by atoms with Gasteiger partial charge >= 0.3 is 17.8 Å². The third-order valence-electron chi connectivity index (χ3n) is 4.55. The summed E-state index contributed by atoms with van der Waals surface area (Å²) in [5, 5.41) is 0. The molecule has 0 unspecified atom stereocenters. The number of carbonyl (C=O) groups is 2. The lowest BCUT2D eigenvalue weighted by atomic mass is 10.1. The smallest absolute Gasteiger partial charge is 0.474 e. The molecule has 0 aromatic carbocycles. The molecule has 28 heavy (non-hydrogen) atoms. The second-order valence-electron chi connectivity index (χ2n) is 7.20. The zero-order chi connectivity index (χ0) is 20.1. The molecule has 3 aliphatic rings. The van der Waals surface area contributed by atoms with Gasteiger partial charge in [0, 0.05) is 12.3 Å². The van der Waals surface area contributed by atoms with E-state index >= 15 is 4.39 Å². The molecule has 1 aliphatic carbocycles. The second kappa shape index (κ2) is 6.73. The van der Waals surface area contributed by atoms with Crippen LogP contribution in [0.3, 0.4) is 0 Å². The third kappa shape index (κ3) is 3.41. The van der Waals surface area contributed by atoms with Crippen LogP contribution in [0.4, 0.5) is 9.18 Å². The highest BCUT2D eigenvalue weighted by Crippen LogP contribution is 2.45. The van der Waals surface area contributed by atoms with Gasteiger partial charge in [-0.05, 0) is 12.8 Å². The first kappa shape index (κ1) is 18.7. The van der Waals surface area contributed by atoms with E-state index in [1.54, 1.807) is 13.8 Å². The number of halogens is 1. The van der Waals surface area contributed by atoms with Crippen LogP contribution < -0.4 is 10.4 Å². The van der Waals surface area contributed by atoms with Gasteiger partial charge in [0.05, 0.1) is 5.92 Å². The van der Waals surface area contributed by atoms with Gasteiger partial charge in [-0.2, -0.15) is 4.98 Å². The lowest BCUT2D eigenvalue weighted by molar-refractivity contribution is -0.220. The van der Waals surface area contributed by atoms with Crippen molar-refractivity contribution in [3.8, 4) is 5.88 Å². The van der Waals surface area contributed by atoms with E-state index in [1.165, 1.54) is 12.3 Å². The molecule has 4 rings (SSSR count). The Bertz CT molecular complexity index is 854. The van der Waals surface area contributed by atoms with E-state index in [-0.39, 0.29) is 12.0 Å². The summed E-state index contributed by atoms with van der Waals surface area (Å²) < 4.78 is 41.9. The summed E-state index contributed by atoms with van der Waals surface area (Å²) in [6.45, 7) is 2.36. The number of esters is 1. The van der Waals surface area contributed by atoms with Gasteiger partial charge in [0.25, 0.3) is 5.85 Å². The molecule has 1 aromatic rings. The van der Waals surface area contributed by atoms with E-state index in [0.29, 0.717) is 0 Å². The van der Waals surface area contributed by atoms with Gasteiger partial charge in [-0.1, -0.05) is 13.8 Å². The standard InChI is InChI=1S/C17H19FN2O8/c1-8(2)14(21)24-7-17(18)12-11(26-16(23)27-12)13(28-17)20-6-5-10(19-15(20)22)25-9-3-4-9/h5-6,8-9,11-13H,3-4,7H2,1-2H3/t11-,12+,13-,17-/m1/s1. The van der Waals surface area contributed by atoms with Crippen molar-refractivity contribution >= 4 is 12.1 Å². The summed E-state index contributed by atoms with van der Waals surface area (Å²) in [6.07, 6.45) is -2.03. The maximum absolute atomic E-state index is 15.4. The van der Waals surface area contributed by atoms with Crippen LogP contribution >= 0.6 is 0 Å². The van der Waals surface area contributed by atoms with Crippen LogP contribution in [0.15, 0.2) is 17.1 Å². The lowest BCUT2D eigenvalue weighted by Gasteiger charge is -2.23. The zero-order valence-corrected chi connectivity index (χ0v) is 15.2. The fourth-order valence-corrected chi connectivity index (χ4v) is 2.93. The maximum Gasteiger partial charge on any atom is 0.509 e. The Labute approximate surface area is 158 Å². The Balaban J connectivity index is 1.56. The molecule has 1 saturated carbocycles. The number of aromatic nitrogens is 2. The highest BCUT2D eigenvalue weighted by Gasteiger charge is 2.65. The van der Waals surface area contributed by atoms with Crippen LogP contribution in [0.25, 0.3) is 0 Å². The van der Waals surface area contributed by atoms with Gasteiger partial charge in [0.1, 0.15) is 6.10 Å². The van der Waals surface area contributed by atoms with Crippen LogP contribution in [-0.4, -0.2) is 52.4 Å². The van der Waals surface area contributed by atoms with E-state index in [0.717, 1.165) is 17.4 Å². The van der Waals surface area contributed by atoms with Crippen LogP contribution in [0.2, 0.25) is 0 Å². The average Bonchev–Trinajstić information content (AvgIpc) is 3.30. The van der Waals surface area contributed by atoms with Gasteiger partial charge in [0.15, 0.2) is 18.9 Å². The van der Waals surface area contributed by atoms with Crippen molar-refractivity contribution < 1.29 is 37.7 Å². The van der Waals surface area contributed by atoms with Crippen LogP contribution in [0.1, 0.15) is 32.9 Å². The molecule has 11 heteroatoms. The first-order valence-corrected chi connectivity index (χ1v) is 8.93. The lowest BCUT2D eigenvalue weighted by Crippen LogP contribution is -2.43. The highest BCUT2D eigenvalue weighted by molar-refractivity contribution is 5.71. The number of ether oxygens (including phenoxy) is 5. The quantitative estimate of drug-likeness (QED) is 0.649. The molecule has 10 nitrogen and oxygen atoms in total. The predicted molar refractivity (Wildman–Crippen MR) is 87.0 cm³/mol. The molecule has 0 bridgehead atoms. The number of hydrogen-bond acceptors (Lipinski definition) is 9. The van der Waals surface area contributed by atoms with Gasteiger partial charge < -0.3 is 23.7 Å². The molecule has 4 atom stereocenters. The first-order chi connectivity index (χ1) is 13.3. The molecule has 0 spiro atoms. The summed E-state index contributed by atoms with van der Waals surface area (Å²) in [6, 6.07) is 1.44. The molecule has 0 N–H and O–H groups in total. The molecule has 0 amide bonds. The molecule has 2 saturated heterocycles. The minimum Gasteiger partial charge on any atom is -0.474 e. The van der Waals surface area contributed by atoms with Crippen LogP contribution in [0.5, 0.6) is 5.88 Å².